The molecule has 0 radical (unpaired) electrons. The van der Waals surface area contributed by atoms with E-state index >= 15 is 4.39 Å². The van der Waals surface area contributed by atoms with Gasteiger partial charge in [0, 0.05) is 29.9 Å². The first-order valence-corrected chi connectivity index (χ1v) is 12.7. The van der Waals surface area contributed by atoms with E-state index < -0.39 is 31.0 Å². The highest BCUT2D eigenvalue weighted by molar-refractivity contribution is 5.83. The maximum atomic E-state index is 15.1. The van der Waals surface area contributed by atoms with Gasteiger partial charge in [0.1, 0.15) is 18.2 Å². The normalized spacial score (nSPS) is 13.4. The van der Waals surface area contributed by atoms with Gasteiger partial charge in [0.25, 0.3) is 12.0 Å². The molecule has 3 N–H and O–H groups in total. The molecule has 2 aromatic carbocycles. The molecule has 0 aliphatic heterocycles. The van der Waals surface area contributed by atoms with Crippen LogP contribution >= 0.6 is 0 Å². The number of aliphatic hydroxyl groups excluding tert-OH is 1. The lowest BCUT2D eigenvalue weighted by Gasteiger charge is -2.15. The Bertz CT molecular complexity index is 1800. The molecule has 0 bridgehead atoms. The number of fused-ring (bicyclic) bond motifs is 1. The summed E-state index contributed by atoms with van der Waals surface area (Å²) < 4.78 is 42.9. The Hall–Kier alpha value is -4.58. The van der Waals surface area contributed by atoms with Crippen molar-refractivity contribution in [3.05, 3.63) is 93.7 Å². The van der Waals surface area contributed by atoms with Gasteiger partial charge in [0.2, 0.25) is 5.95 Å². The van der Waals surface area contributed by atoms with E-state index in [0.29, 0.717) is 33.7 Å². The Morgan fingerprint density at radius 3 is 2.70 bits per heavy atom. The smallest absolute Gasteiger partial charge is 0.265 e. The molecule has 0 atom stereocenters. The third-order valence-electron chi connectivity index (χ3n) is 6.91. The number of nitrogens with two attached hydrogens (primary N) is 1. The topological polar surface area (TPSA) is 125 Å². The van der Waals surface area contributed by atoms with Crippen molar-refractivity contribution in [2.45, 2.75) is 44.8 Å². The van der Waals surface area contributed by atoms with E-state index in [1.165, 1.54) is 23.0 Å². The van der Waals surface area contributed by atoms with Crippen molar-refractivity contribution >= 4 is 16.7 Å². The standard InChI is InChI=1S/C28H24F3N7O2/c29-21-10-18(16-4-5-16)9-17-6-7-38(27(40)25(17)21)22-3-1-2-19(20(22)14-39)26-34-24(35-28(32)36-26)8-15-11-33-37(12-15)13-23(30)31/h1-3,6-7,9-12,16,23,39H,4-5,8,13-14H2,(H2,32,34,35,36). The summed E-state index contributed by atoms with van der Waals surface area (Å²) >= 11 is 0. The van der Waals surface area contributed by atoms with Crippen LogP contribution in [0.5, 0.6) is 0 Å². The zero-order valence-electron chi connectivity index (χ0n) is 21.1. The van der Waals surface area contributed by atoms with Crippen molar-refractivity contribution < 1.29 is 18.3 Å². The van der Waals surface area contributed by atoms with E-state index in [9.17, 15) is 18.7 Å². The molecule has 0 spiro atoms. The average molecular weight is 548 g/mol. The zero-order valence-corrected chi connectivity index (χ0v) is 21.1. The summed E-state index contributed by atoms with van der Waals surface area (Å²) in [7, 11) is 0. The largest absolute Gasteiger partial charge is 0.392 e. The van der Waals surface area contributed by atoms with Gasteiger partial charge in [-0.3, -0.25) is 14.0 Å². The molecule has 204 valence electrons. The van der Waals surface area contributed by atoms with Gasteiger partial charge in [-0.2, -0.15) is 15.1 Å². The minimum absolute atomic E-state index is 0.0275. The molecule has 9 nitrogen and oxygen atoms in total. The van der Waals surface area contributed by atoms with Gasteiger partial charge in [-0.25, -0.2) is 18.2 Å². The van der Waals surface area contributed by atoms with Crippen molar-refractivity contribution in [3.8, 4) is 17.1 Å². The van der Waals surface area contributed by atoms with Crippen LogP contribution in [0.1, 0.15) is 41.3 Å². The van der Waals surface area contributed by atoms with Crippen LogP contribution in [0, 0.1) is 5.82 Å². The number of nitrogen functional groups attached to an aromatic ring is 1. The predicted molar refractivity (Wildman–Crippen MR) is 142 cm³/mol. The number of pyridine rings is 1. The number of aromatic nitrogens is 6. The van der Waals surface area contributed by atoms with Gasteiger partial charge in [-0.05, 0) is 53.5 Å². The predicted octanol–water partition coefficient (Wildman–Crippen LogP) is 3.99. The number of hydrogen-bond acceptors (Lipinski definition) is 7. The molecule has 0 unspecified atom stereocenters. The Balaban J connectivity index is 1.40. The quantitative estimate of drug-likeness (QED) is 0.301. The highest BCUT2D eigenvalue weighted by Crippen LogP contribution is 2.41. The van der Waals surface area contributed by atoms with E-state index in [2.05, 4.69) is 20.1 Å². The third kappa shape index (κ3) is 4.93. The van der Waals surface area contributed by atoms with Crippen LogP contribution in [0.3, 0.4) is 0 Å². The van der Waals surface area contributed by atoms with Crippen LogP contribution < -0.4 is 11.3 Å². The number of hydrogen-bond donors (Lipinski definition) is 2. The summed E-state index contributed by atoms with van der Waals surface area (Å²) in [6.45, 7) is -1.00. The lowest BCUT2D eigenvalue weighted by Crippen LogP contribution is -2.20. The minimum atomic E-state index is -2.54. The maximum absolute atomic E-state index is 15.1. The van der Waals surface area contributed by atoms with Gasteiger partial charge in [0.05, 0.1) is 23.9 Å². The summed E-state index contributed by atoms with van der Waals surface area (Å²) in [4.78, 5) is 26.3. The van der Waals surface area contributed by atoms with Crippen molar-refractivity contribution in [1.29, 1.82) is 0 Å². The zero-order chi connectivity index (χ0) is 28.0. The molecule has 1 aliphatic carbocycles. The average Bonchev–Trinajstić information content (AvgIpc) is 3.68. The summed E-state index contributed by atoms with van der Waals surface area (Å²) in [6, 6.07) is 9.96. The molecule has 1 fully saturated rings. The molecular formula is C28H24F3N7O2. The van der Waals surface area contributed by atoms with E-state index in [-0.39, 0.29) is 29.4 Å². The molecule has 3 aromatic heterocycles. The lowest BCUT2D eigenvalue weighted by molar-refractivity contribution is 0.122. The molecule has 3 heterocycles. The Labute approximate surface area is 225 Å². The van der Waals surface area contributed by atoms with E-state index in [1.807, 2.05) is 6.07 Å². The summed E-state index contributed by atoms with van der Waals surface area (Å²) in [6.07, 6.45) is 4.13. The van der Waals surface area contributed by atoms with Crippen LogP contribution in [-0.4, -0.2) is 40.8 Å². The monoisotopic (exact) mass is 547 g/mol. The number of anilines is 1. The van der Waals surface area contributed by atoms with Crippen molar-refractivity contribution in [1.82, 2.24) is 29.3 Å². The molecule has 1 saturated carbocycles. The first-order chi connectivity index (χ1) is 19.3. The Morgan fingerprint density at radius 2 is 1.95 bits per heavy atom. The molecule has 0 amide bonds. The Morgan fingerprint density at radius 1 is 1.12 bits per heavy atom. The van der Waals surface area contributed by atoms with Gasteiger partial charge in [-0.1, -0.05) is 18.2 Å². The van der Waals surface area contributed by atoms with Gasteiger partial charge in [0.15, 0.2) is 5.82 Å². The lowest BCUT2D eigenvalue weighted by atomic mass is 10.0. The minimum Gasteiger partial charge on any atom is -0.392 e. The van der Waals surface area contributed by atoms with E-state index in [4.69, 9.17) is 5.73 Å². The first-order valence-electron chi connectivity index (χ1n) is 12.7. The maximum Gasteiger partial charge on any atom is 0.265 e. The molecular weight excluding hydrogens is 523 g/mol. The molecule has 12 heteroatoms. The summed E-state index contributed by atoms with van der Waals surface area (Å²) in [5, 5.41) is 14.8. The van der Waals surface area contributed by atoms with Crippen LogP contribution in [0.25, 0.3) is 27.8 Å². The summed E-state index contributed by atoms with van der Waals surface area (Å²) in [5.74, 6) is 0.107. The third-order valence-corrected chi connectivity index (χ3v) is 6.91. The molecule has 1 aliphatic rings. The number of nitrogens with zero attached hydrogens (tertiary/aromatic N) is 6. The Kier molecular flexibility index (Phi) is 6.54. The van der Waals surface area contributed by atoms with Crippen LogP contribution in [0.15, 0.2) is 59.8 Å². The molecule has 40 heavy (non-hydrogen) atoms. The van der Waals surface area contributed by atoms with Crippen LogP contribution in [0.4, 0.5) is 19.1 Å². The second-order valence-electron chi connectivity index (χ2n) is 9.77. The van der Waals surface area contributed by atoms with Gasteiger partial charge >= 0.3 is 0 Å². The van der Waals surface area contributed by atoms with Crippen LogP contribution in [0.2, 0.25) is 0 Å². The first kappa shape index (κ1) is 25.7. The fourth-order valence-electron chi connectivity index (χ4n) is 4.93. The number of benzene rings is 2. The second kappa shape index (κ2) is 10.2. The second-order valence-corrected chi connectivity index (χ2v) is 9.77. The van der Waals surface area contributed by atoms with Crippen LogP contribution in [-0.2, 0) is 19.6 Å². The van der Waals surface area contributed by atoms with E-state index in [0.717, 1.165) is 23.1 Å². The highest BCUT2D eigenvalue weighted by atomic mass is 19.3. The summed E-state index contributed by atoms with van der Waals surface area (Å²) in [5.41, 5.74) is 7.98. The van der Waals surface area contributed by atoms with E-state index in [1.54, 1.807) is 30.5 Å². The van der Waals surface area contributed by atoms with Crippen molar-refractivity contribution in [3.63, 3.8) is 0 Å². The highest BCUT2D eigenvalue weighted by Gasteiger charge is 2.25. The number of aliphatic hydroxyl groups is 1. The molecule has 5 aromatic rings. The fourth-order valence-corrected chi connectivity index (χ4v) is 4.93. The van der Waals surface area contributed by atoms with Crippen molar-refractivity contribution in [2.24, 2.45) is 0 Å². The molecule has 6 rings (SSSR count). The number of halogens is 3. The fraction of sp³-hybridized carbons (Fsp3) is 0.250. The van der Waals surface area contributed by atoms with Gasteiger partial charge < -0.3 is 10.8 Å². The number of rotatable bonds is 8. The van der Waals surface area contributed by atoms with Gasteiger partial charge in [-0.15, -0.1) is 0 Å². The number of alkyl halides is 2. The van der Waals surface area contributed by atoms with Crippen molar-refractivity contribution in [2.75, 3.05) is 5.73 Å². The molecule has 0 saturated heterocycles. The SMILES string of the molecule is Nc1nc(Cc2cnn(CC(F)F)c2)nc(-c2cccc(-n3ccc4cc(C5CC5)cc(F)c4c3=O)c2CO)n1.